The van der Waals surface area contributed by atoms with E-state index in [-0.39, 0.29) is 10.6 Å². The molecule has 2 N–H and O–H groups in total. The minimum absolute atomic E-state index is 0.174. The van der Waals surface area contributed by atoms with Crippen molar-refractivity contribution in [2.45, 2.75) is 4.90 Å². The first-order chi connectivity index (χ1) is 10.6. The molecule has 0 aliphatic heterocycles. The summed E-state index contributed by atoms with van der Waals surface area (Å²) in [6, 6.07) is 4.69. The van der Waals surface area contributed by atoms with Crippen LogP contribution in [0.25, 0.3) is 0 Å². The quantitative estimate of drug-likeness (QED) is 0.613. The van der Waals surface area contributed by atoms with E-state index in [1.807, 2.05) is 0 Å². The molecule has 2 rings (SSSR count). The molecule has 0 spiro atoms. The Kier molecular flexibility index (Phi) is 4.16. The molecule has 10 nitrogen and oxygen atoms in total. The van der Waals surface area contributed by atoms with Crippen LogP contribution in [0.15, 0.2) is 49.0 Å². The third kappa shape index (κ3) is 3.19. The second-order valence-electron chi connectivity index (χ2n) is 4.55. The molecule has 1 aromatic carbocycles. The lowest BCUT2D eigenvalue weighted by Crippen LogP contribution is -2.36. The van der Waals surface area contributed by atoms with Crippen molar-refractivity contribution in [3.63, 3.8) is 0 Å². The number of aromatic nitrogens is 2. The molecule has 0 saturated heterocycles. The van der Waals surface area contributed by atoms with Crippen molar-refractivity contribution in [2.75, 3.05) is 0 Å². The predicted molar refractivity (Wildman–Crippen MR) is 79.0 cm³/mol. The summed E-state index contributed by atoms with van der Waals surface area (Å²) in [6.07, 6.45) is 0. The van der Waals surface area contributed by atoms with Crippen LogP contribution in [0.3, 0.4) is 0 Å². The highest BCUT2D eigenvalue weighted by molar-refractivity contribution is 7.85. The number of azo groups is 1. The fourth-order valence-corrected chi connectivity index (χ4v) is 2.18. The summed E-state index contributed by atoms with van der Waals surface area (Å²) in [4.78, 5) is 23.2. The Morgan fingerprint density at radius 1 is 1.00 bits per heavy atom. The van der Waals surface area contributed by atoms with Gasteiger partial charge in [0.1, 0.15) is 0 Å². The van der Waals surface area contributed by atoms with Gasteiger partial charge < -0.3 is 5.11 Å². The van der Waals surface area contributed by atoms with Gasteiger partial charge in [0.15, 0.2) is 0 Å². The lowest BCUT2D eigenvalue weighted by atomic mass is 10.3. The summed E-state index contributed by atoms with van der Waals surface area (Å²) >= 11 is 0. The summed E-state index contributed by atoms with van der Waals surface area (Å²) < 4.78 is 32.3. The Morgan fingerprint density at radius 2 is 1.57 bits per heavy atom. The van der Waals surface area contributed by atoms with E-state index in [2.05, 4.69) is 10.2 Å². The molecule has 0 unspecified atom stereocenters. The molecule has 0 atom stereocenters. The maximum atomic E-state index is 11.9. The molecule has 0 amide bonds. The smallest absolute Gasteiger partial charge is 0.333 e. The zero-order chi connectivity index (χ0) is 17.4. The van der Waals surface area contributed by atoms with Crippen LogP contribution < -0.4 is 11.2 Å². The first-order valence-corrected chi connectivity index (χ1v) is 7.55. The Labute approximate surface area is 129 Å². The van der Waals surface area contributed by atoms with Gasteiger partial charge in [0.05, 0.1) is 10.6 Å². The molecular weight excluding hydrogens is 328 g/mol. The van der Waals surface area contributed by atoms with Crippen molar-refractivity contribution in [3.05, 3.63) is 45.1 Å². The fraction of sp³-hybridized carbons (Fsp3) is 0.167. The van der Waals surface area contributed by atoms with E-state index < -0.39 is 32.9 Å². The second-order valence-corrected chi connectivity index (χ2v) is 5.97. The van der Waals surface area contributed by atoms with Gasteiger partial charge in [0, 0.05) is 14.1 Å². The largest absolute Gasteiger partial charge is 0.493 e. The lowest BCUT2D eigenvalue weighted by molar-refractivity contribution is 0.413. The zero-order valence-electron chi connectivity index (χ0n) is 12.0. The van der Waals surface area contributed by atoms with Gasteiger partial charge in [-0.3, -0.25) is 18.5 Å². The van der Waals surface area contributed by atoms with E-state index in [1.54, 1.807) is 0 Å². The minimum Gasteiger partial charge on any atom is -0.493 e. The van der Waals surface area contributed by atoms with Crippen LogP contribution in [0.5, 0.6) is 5.88 Å². The number of aromatic hydroxyl groups is 1. The zero-order valence-corrected chi connectivity index (χ0v) is 12.9. The average molecular weight is 340 g/mol. The highest BCUT2D eigenvalue weighted by atomic mass is 32.2. The van der Waals surface area contributed by atoms with Gasteiger partial charge in [-0.2, -0.15) is 13.5 Å². The van der Waals surface area contributed by atoms with Gasteiger partial charge in [0.2, 0.25) is 11.6 Å². The van der Waals surface area contributed by atoms with Crippen molar-refractivity contribution < 1.29 is 18.1 Å². The average Bonchev–Trinajstić information content (AvgIpc) is 2.50. The summed E-state index contributed by atoms with van der Waals surface area (Å²) in [7, 11) is -1.83. The summed E-state index contributed by atoms with van der Waals surface area (Å²) in [5.74, 6) is -0.642. The summed E-state index contributed by atoms with van der Waals surface area (Å²) in [5.41, 5.74) is -1.81. The van der Waals surface area contributed by atoms with Gasteiger partial charge in [-0.05, 0) is 24.3 Å². The first kappa shape index (κ1) is 16.6. The van der Waals surface area contributed by atoms with Crippen LogP contribution in [0, 0.1) is 0 Å². The van der Waals surface area contributed by atoms with Crippen molar-refractivity contribution in [1.82, 2.24) is 9.13 Å². The molecule has 0 aliphatic rings. The van der Waals surface area contributed by atoms with E-state index >= 15 is 0 Å². The van der Waals surface area contributed by atoms with Gasteiger partial charge in [-0.1, -0.05) is 0 Å². The topological polar surface area (TPSA) is 143 Å². The standard InChI is InChI=1S/C12H12N4O6S/c1-15-10(17)9(11(18)16(2)12(15)19)14-13-7-3-5-8(6-4-7)23(20,21)22/h3-6,17H,1-2H3,(H,20,21,22). The van der Waals surface area contributed by atoms with Crippen molar-refractivity contribution in [3.8, 4) is 5.88 Å². The normalized spacial score (nSPS) is 12.0. The van der Waals surface area contributed by atoms with E-state index in [1.165, 1.54) is 26.2 Å². The summed E-state index contributed by atoms with van der Waals surface area (Å²) in [6.45, 7) is 0. The molecule has 11 heteroatoms. The molecule has 0 saturated carbocycles. The number of nitrogens with zero attached hydrogens (tertiary/aromatic N) is 4. The van der Waals surface area contributed by atoms with Crippen molar-refractivity contribution >= 4 is 21.5 Å². The van der Waals surface area contributed by atoms with Gasteiger partial charge in [-0.15, -0.1) is 5.11 Å². The maximum absolute atomic E-state index is 11.9. The van der Waals surface area contributed by atoms with Gasteiger partial charge in [-0.25, -0.2) is 4.79 Å². The molecule has 0 radical (unpaired) electrons. The van der Waals surface area contributed by atoms with Crippen LogP contribution in [-0.4, -0.2) is 27.2 Å². The van der Waals surface area contributed by atoms with E-state index in [9.17, 15) is 23.1 Å². The molecule has 122 valence electrons. The SMILES string of the molecule is Cn1c(O)c(N=Nc2ccc(S(=O)(=O)O)cc2)c(=O)n(C)c1=O. The molecule has 23 heavy (non-hydrogen) atoms. The van der Waals surface area contributed by atoms with Crippen LogP contribution in [0.4, 0.5) is 11.4 Å². The van der Waals surface area contributed by atoms with Crippen molar-refractivity contribution in [1.29, 1.82) is 0 Å². The molecule has 2 aromatic rings. The number of hydrogen-bond donors (Lipinski definition) is 2. The second kappa shape index (κ2) is 5.78. The maximum Gasteiger partial charge on any atom is 0.333 e. The van der Waals surface area contributed by atoms with E-state index in [0.717, 1.165) is 21.3 Å². The number of rotatable bonds is 3. The summed E-state index contributed by atoms with van der Waals surface area (Å²) in [5, 5.41) is 17.1. The van der Waals surface area contributed by atoms with Crippen LogP contribution in [0.2, 0.25) is 0 Å². The molecule has 1 heterocycles. The first-order valence-electron chi connectivity index (χ1n) is 6.11. The molecule has 0 aliphatic carbocycles. The third-order valence-corrected chi connectivity index (χ3v) is 3.88. The Bertz CT molecular complexity index is 1000. The van der Waals surface area contributed by atoms with Crippen LogP contribution in [-0.2, 0) is 24.2 Å². The van der Waals surface area contributed by atoms with Gasteiger partial charge in [0.25, 0.3) is 15.7 Å². The highest BCUT2D eigenvalue weighted by Gasteiger charge is 2.14. The lowest BCUT2D eigenvalue weighted by Gasteiger charge is -2.06. The minimum atomic E-state index is -4.32. The number of benzene rings is 1. The molecule has 1 aromatic heterocycles. The molecule has 0 fully saturated rings. The molecular formula is C12H12N4O6S. The number of hydrogen-bond acceptors (Lipinski definition) is 7. The van der Waals surface area contributed by atoms with Gasteiger partial charge >= 0.3 is 5.69 Å². The van der Waals surface area contributed by atoms with E-state index in [4.69, 9.17) is 4.55 Å². The van der Waals surface area contributed by atoms with E-state index in [0.29, 0.717) is 0 Å². The van der Waals surface area contributed by atoms with Crippen LogP contribution in [0.1, 0.15) is 0 Å². The molecule has 0 bridgehead atoms. The third-order valence-electron chi connectivity index (χ3n) is 3.01. The highest BCUT2D eigenvalue weighted by Crippen LogP contribution is 2.23. The Balaban J connectivity index is 2.46. The fourth-order valence-electron chi connectivity index (χ4n) is 1.70. The van der Waals surface area contributed by atoms with Crippen molar-refractivity contribution in [2.24, 2.45) is 24.3 Å². The van der Waals surface area contributed by atoms with Crippen LogP contribution >= 0.6 is 0 Å². The Hall–Kier alpha value is -2.79. The Morgan fingerprint density at radius 3 is 2.09 bits per heavy atom. The monoisotopic (exact) mass is 340 g/mol. The predicted octanol–water partition coefficient (Wildman–Crippen LogP) is 0.452.